The number of halogens is 1. The van der Waals surface area contributed by atoms with Gasteiger partial charge in [-0.15, -0.1) is 0 Å². The molecule has 6 rings (SSSR count). The molecule has 44 heavy (non-hydrogen) atoms. The number of hydrogen-bond acceptors (Lipinski definition) is 11. The molecule has 230 valence electrons. The van der Waals surface area contributed by atoms with Gasteiger partial charge in [0, 0.05) is 36.8 Å². The minimum atomic E-state index is -2.70. The van der Waals surface area contributed by atoms with Gasteiger partial charge in [-0.25, -0.2) is 9.37 Å². The fraction of sp³-hybridized carbons (Fsp3) is 0.355. The van der Waals surface area contributed by atoms with Crippen LogP contribution in [0, 0.1) is 17.7 Å². The molecular formula is C31H31FN4O8. The number of benzene rings is 2. The Balaban J connectivity index is 1.57. The second-order valence-corrected chi connectivity index (χ2v) is 11.8. The van der Waals surface area contributed by atoms with E-state index in [4.69, 9.17) is 14.9 Å². The summed E-state index contributed by atoms with van der Waals surface area (Å²) < 4.78 is 25.6. The first kappa shape index (κ1) is 29.3. The monoisotopic (exact) mass is 606 g/mol. The lowest BCUT2D eigenvalue weighted by atomic mass is 9.58. The molecule has 12 nitrogen and oxygen atoms in total. The van der Waals surface area contributed by atoms with Crippen molar-refractivity contribution in [1.29, 1.82) is 0 Å². The standard InChI is InChI=1S/C31H31FN4O8/c1-35(2)18-11-17-26(44-30(34-17)12-6-7-19(43-5)16(32)10-12)21-14(18)8-13-9-15-23(36(3)4)25(38)22(29(33)41)28(40)31(15,42)27(39)20(13)24(21)37/h6-7,10-11,13,15,23,38-39,42H,8-9H2,1-5H3,(H2,33,41)/t13-,15-,23-,31-/m0/s1. The van der Waals surface area contributed by atoms with E-state index in [1.807, 2.05) is 0 Å². The largest absolute Gasteiger partial charge is 0.510 e. The summed E-state index contributed by atoms with van der Waals surface area (Å²) in [7, 11) is 8.11. The Hall–Kier alpha value is -4.75. The number of allylic oxidation sites excluding steroid dienone is 1. The molecule has 1 heterocycles. The van der Waals surface area contributed by atoms with Gasteiger partial charge in [0.2, 0.25) is 11.7 Å². The number of nitrogens with zero attached hydrogens (tertiary/aromatic N) is 3. The molecule has 1 amide bonds. The summed E-state index contributed by atoms with van der Waals surface area (Å²) in [5.41, 5.74) is 3.71. The molecular weight excluding hydrogens is 575 g/mol. The quantitative estimate of drug-likeness (QED) is 0.313. The number of likely N-dealkylation sites (N-methyl/N-ethyl adjacent to an activating group) is 1. The first-order valence-corrected chi connectivity index (χ1v) is 13.8. The summed E-state index contributed by atoms with van der Waals surface area (Å²) in [5, 5.41) is 34.5. The van der Waals surface area contributed by atoms with Crippen LogP contribution in [0.5, 0.6) is 5.75 Å². The Morgan fingerprint density at radius 3 is 2.48 bits per heavy atom. The van der Waals surface area contributed by atoms with E-state index < -0.39 is 63.9 Å². The average molecular weight is 607 g/mol. The van der Waals surface area contributed by atoms with E-state index in [0.29, 0.717) is 22.3 Å². The number of aliphatic hydroxyl groups is 3. The second-order valence-electron chi connectivity index (χ2n) is 11.8. The molecule has 1 aromatic heterocycles. The van der Waals surface area contributed by atoms with Crippen LogP contribution in [0.2, 0.25) is 0 Å². The van der Waals surface area contributed by atoms with Gasteiger partial charge in [0.1, 0.15) is 22.6 Å². The van der Waals surface area contributed by atoms with E-state index in [1.165, 1.54) is 24.1 Å². The zero-order chi connectivity index (χ0) is 32.0. The summed E-state index contributed by atoms with van der Waals surface area (Å²) in [5.74, 6) is -7.05. The molecule has 3 aliphatic rings. The SMILES string of the molecule is COc1ccc(-c2nc3cc(N(C)C)c4c(c3o2)C(=O)C2=C(O)[C@]3(O)C(=O)C(C(N)=O)=C(O)[C@@H](N(C)C)[C@@H]3C[C@@H]2C4)cc1F. The van der Waals surface area contributed by atoms with Crippen LogP contribution >= 0.6 is 0 Å². The van der Waals surface area contributed by atoms with Crippen molar-refractivity contribution in [2.45, 2.75) is 24.5 Å². The summed E-state index contributed by atoms with van der Waals surface area (Å²) in [6.07, 6.45) is 0.231. The van der Waals surface area contributed by atoms with Gasteiger partial charge in [-0.3, -0.25) is 19.3 Å². The normalized spacial score (nSPS) is 24.9. The molecule has 2 aromatic carbocycles. The average Bonchev–Trinajstić information content (AvgIpc) is 3.38. The maximum Gasteiger partial charge on any atom is 0.255 e. The third-order valence-electron chi connectivity index (χ3n) is 8.96. The minimum absolute atomic E-state index is 0.0173. The van der Waals surface area contributed by atoms with Crippen LogP contribution in [0.1, 0.15) is 22.3 Å². The van der Waals surface area contributed by atoms with Crippen LogP contribution < -0.4 is 15.4 Å². The van der Waals surface area contributed by atoms with E-state index in [1.54, 1.807) is 45.2 Å². The number of amides is 1. The molecule has 4 atom stereocenters. The Kier molecular flexibility index (Phi) is 6.59. The van der Waals surface area contributed by atoms with Crippen LogP contribution in [-0.4, -0.2) is 89.6 Å². The number of fused-ring (bicyclic) bond motifs is 5. The maximum absolute atomic E-state index is 14.5. The van der Waals surface area contributed by atoms with Crippen LogP contribution in [0.3, 0.4) is 0 Å². The highest BCUT2D eigenvalue weighted by atomic mass is 19.1. The van der Waals surface area contributed by atoms with Crippen LogP contribution in [0.25, 0.3) is 22.6 Å². The topological polar surface area (TPSA) is 180 Å². The van der Waals surface area contributed by atoms with Crippen molar-refractivity contribution in [3.8, 4) is 17.2 Å². The number of hydrogen-bond donors (Lipinski definition) is 4. The number of Topliss-reactive ketones (excluding diaryl/α,β-unsaturated/α-hetero) is 2. The lowest BCUT2D eigenvalue weighted by Crippen LogP contribution is -2.63. The molecule has 0 saturated heterocycles. The summed E-state index contributed by atoms with van der Waals surface area (Å²) in [4.78, 5) is 48.0. The number of oxazole rings is 1. The second kappa shape index (κ2) is 9.89. The molecule has 13 heteroatoms. The molecule has 0 bridgehead atoms. The van der Waals surface area contributed by atoms with Gasteiger partial charge in [0.15, 0.2) is 28.5 Å². The molecule has 0 fully saturated rings. The van der Waals surface area contributed by atoms with Crippen molar-refractivity contribution < 1.29 is 43.2 Å². The van der Waals surface area contributed by atoms with Gasteiger partial charge < -0.3 is 35.1 Å². The van der Waals surface area contributed by atoms with Gasteiger partial charge in [-0.2, -0.15) is 0 Å². The number of carbonyl (C=O) groups is 3. The van der Waals surface area contributed by atoms with Crippen LogP contribution in [-0.2, 0) is 16.0 Å². The summed E-state index contributed by atoms with van der Waals surface area (Å²) in [6, 6.07) is 4.87. The molecule has 0 spiro atoms. The smallest absolute Gasteiger partial charge is 0.255 e. The van der Waals surface area contributed by atoms with Gasteiger partial charge >= 0.3 is 0 Å². The fourth-order valence-corrected chi connectivity index (χ4v) is 7.01. The van der Waals surface area contributed by atoms with E-state index in [2.05, 4.69) is 4.98 Å². The number of rotatable bonds is 5. The third-order valence-corrected chi connectivity index (χ3v) is 8.96. The molecule has 3 aliphatic carbocycles. The van der Waals surface area contributed by atoms with Crippen molar-refractivity contribution >= 4 is 34.3 Å². The summed E-state index contributed by atoms with van der Waals surface area (Å²) >= 11 is 0. The molecule has 0 aliphatic heterocycles. The number of primary amides is 1. The Morgan fingerprint density at radius 1 is 1.18 bits per heavy atom. The molecule has 3 aromatic rings. The van der Waals surface area contributed by atoms with E-state index >= 15 is 0 Å². The highest BCUT2D eigenvalue weighted by Crippen LogP contribution is 2.53. The third kappa shape index (κ3) is 3.88. The Labute approximate surface area is 250 Å². The van der Waals surface area contributed by atoms with E-state index in [-0.39, 0.29) is 41.2 Å². The predicted molar refractivity (Wildman–Crippen MR) is 156 cm³/mol. The Bertz CT molecular complexity index is 1860. The fourth-order valence-electron chi connectivity index (χ4n) is 7.01. The lowest BCUT2D eigenvalue weighted by Gasteiger charge is -2.50. The minimum Gasteiger partial charge on any atom is -0.510 e. The van der Waals surface area contributed by atoms with Crippen LogP contribution in [0.15, 0.2) is 51.3 Å². The number of ketones is 2. The lowest BCUT2D eigenvalue weighted by molar-refractivity contribution is -0.148. The Morgan fingerprint density at radius 2 is 1.89 bits per heavy atom. The zero-order valence-electron chi connectivity index (χ0n) is 24.6. The van der Waals surface area contributed by atoms with E-state index in [0.717, 1.165) is 0 Å². The van der Waals surface area contributed by atoms with Gasteiger partial charge in [-0.1, -0.05) is 0 Å². The first-order valence-electron chi connectivity index (χ1n) is 13.8. The van der Waals surface area contributed by atoms with Crippen molar-refractivity contribution in [3.05, 3.63) is 63.9 Å². The van der Waals surface area contributed by atoms with Crippen LogP contribution in [0.4, 0.5) is 10.1 Å². The number of anilines is 1. The predicted octanol–water partition coefficient (Wildman–Crippen LogP) is 2.44. The highest BCUT2D eigenvalue weighted by molar-refractivity contribution is 6.25. The van der Waals surface area contributed by atoms with Crippen molar-refractivity contribution in [3.63, 3.8) is 0 Å². The molecule has 0 unspecified atom stereocenters. The molecule has 0 radical (unpaired) electrons. The number of ether oxygens (including phenoxy) is 1. The highest BCUT2D eigenvalue weighted by Gasteiger charge is 2.63. The van der Waals surface area contributed by atoms with Crippen molar-refractivity contribution in [2.75, 3.05) is 40.2 Å². The van der Waals surface area contributed by atoms with Gasteiger partial charge in [0.25, 0.3) is 5.91 Å². The number of aliphatic hydroxyl groups excluding tert-OH is 2. The van der Waals surface area contributed by atoms with Gasteiger partial charge in [0.05, 0.1) is 18.7 Å². The number of methoxy groups -OCH3 is 1. The summed E-state index contributed by atoms with van der Waals surface area (Å²) in [6.45, 7) is 0. The molecule has 5 N–H and O–H groups in total. The maximum atomic E-state index is 14.5. The molecule has 0 saturated carbocycles. The van der Waals surface area contributed by atoms with Crippen molar-refractivity contribution in [1.82, 2.24) is 9.88 Å². The number of carbonyl (C=O) groups excluding carboxylic acids is 3. The van der Waals surface area contributed by atoms with E-state index in [9.17, 15) is 34.1 Å². The first-order chi connectivity index (χ1) is 20.7. The zero-order valence-corrected chi connectivity index (χ0v) is 24.6. The van der Waals surface area contributed by atoms with Gasteiger partial charge in [-0.05, 0) is 62.7 Å². The number of nitrogens with two attached hydrogens (primary N) is 1. The number of aromatic nitrogens is 1. The van der Waals surface area contributed by atoms with Crippen molar-refractivity contribution in [2.24, 2.45) is 17.6 Å².